The van der Waals surface area contributed by atoms with Crippen LogP contribution in [0, 0.1) is 46.3 Å². The SMILES string of the molecule is CC(C#CC1(COCC2(C#CC(C)(c3ccccc3)c3ccccc3)CN3CCC2CC3)CN2CCC1CC2)(c1ccccc1)c1ccccc1. The molecule has 0 saturated carbocycles. The third kappa shape index (κ3) is 6.58. The highest BCUT2D eigenvalue weighted by Gasteiger charge is 2.49. The van der Waals surface area contributed by atoms with Gasteiger partial charge in [0.25, 0.3) is 0 Å². The molecule has 4 aromatic carbocycles. The predicted octanol–water partition coefficient (Wildman–Crippen LogP) is 8.45. The Morgan fingerprint density at radius 3 is 1.06 bits per heavy atom. The summed E-state index contributed by atoms with van der Waals surface area (Å²) in [6, 6.07) is 43.4. The van der Waals surface area contributed by atoms with Gasteiger partial charge >= 0.3 is 0 Å². The van der Waals surface area contributed by atoms with Crippen LogP contribution in [0.4, 0.5) is 0 Å². The van der Waals surface area contributed by atoms with Crippen LogP contribution in [0.1, 0.15) is 61.8 Å². The Morgan fingerprint density at radius 2 is 0.804 bits per heavy atom. The highest BCUT2D eigenvalue weighted by atomic mass is 16.5. The second-order valence-electron chi connectivity index (χ2n) is 16.1. The average molecular weight is 673 g/mol. The minimum absolute atomic E-state index is 0.202. The molecule has 2 atom stereocenters. The summed E-state index contributed by atoms with van der Waals surface area (Å²) in [5, 5.41) is 0. The van der Waals surface area contributed by atoms with E-state index < -0.39 is 10.8 Å². The van der Waals surface area contributed by atoms with Gasteiger partial charge in [0.1, 0.15) is 0 Å². The highest BCUT2D eigenvalue weighted by Crippen LogP contribution is 2.46. The molecule has 2 unspecified atom stereocenters. The van der Waals surface area contributed by atoms with Crippen molar-refractivity contribution in [3.05, 3.63) is 144 Å². The van der Waals surface area contributed by atoms with Crippen LogP contribution >= 0.6 is 0 Å². The zero-order valence-corrected chi connectivity index (χ0v) is 30.5. The van der Waals surface area contributed by atoms with Gasteiger partial charge in [-0.05, 0) is 99.8 Å². The first kappa shape index (κ1) is 34.0. The van der Waals surface area contributed by atoms with E-state index in [0.29, 0.717) is 25.0 Å². The van der Waals surface area contributed by atoms with Gasteiger partial charge in [-0.3, -0.25) is 0 Å². The third-order valence-corrected chi connectivity index (χ3v) is 13.0. The van der Waals surface area contributed by atoms with Crippen molar-refractivity contribution >= 4 is 0 Å². The molecule has 0 aromatic heterocycles. The van der Waals surface area contributed by atoms with E-state index in [9.17, 15) is 0 Å². The molecule has 6 aliphatic heterocycles. The second kappa shape index (κ2) is 14.1. The van der Waals surface area contributed by atoms with E-state index in [1.54, 1.807) is 0 Å². The van der Waals surface area contributed by atoms with Crippen molar-refractivity contribution in [2.24, 2.45) is 22.7 Å². The smallest absolute Gasteiger partial charge is 0.0783 e. The van der Waals surface area contributed by atoms with Crippen molar-refractivity contribution in [1.82, 2.24) is 9.80 Å². The van der Waals surface area contributed by atoms with Gasteiger partial charge in [-0.1, -0.05) is 145 Å². The van der Waals surface area contributed by atoms with Gasteiger partial charge in [-0.2, -0.15) is 0 Å². The fourth-order valence-electron chi connectivity index (χ4n) is 9.65. The average Bonchev–Trinajstić information content (AvgIpc) is 3.21. The zero-order valence-electron chi connectivity index (χ0n) is 30.5. The summed E-state index contributed by atoms with van der Waals surface area (Å²) in [4.78, 5) is 5.27. The second-order valence-corrected chi connectivity index (χ2v) is 16.1. The van der Waals surface area contributed by atoms with Gasteiger partial charge in [0.15, 0.2) is 0 Å². The van der Waals surface area contributed by atoms with Crippen LogP contribution in [0.2, 0.25) is 0 Å². The van der Waals surface area contributed by atoms with E-state index in [-0.39, 0.29) is 10.8 Å². The normalized spacial score (nSPS) is 28.3. The molecule has 260 valence electrons. The first-order chi connectivity index (χ1) is 24.9. The molecule has 6 fully saturated rings. The molecule has 10 rings (SSSR count). The first-order valence-corrected chi connectivity index (χ1v) is 19.2. The summed E-state index contributed by atoms with van der Waals surface area (Å²) < 4.78 is 7.12. The van der Waals surface area contributed by atoms with Crippen LogP contribution in [0.25, 0.3) is 0 Å². The molecule has 4 aromatic rings. The molecule has 6 aliphatic rings. The summed E-state index contributed by atoms with van der Waals surface area (Å²) in [5.41, 5.74) is 3.72. The molecular formula is C48H52N2O. The number of nitrogens with zero attached hydrogens (tertiary/aromatic N) is 2. The van der Waals surface area contributed by atoms with Gasteiger partial charge in [0.2, 0.25) is 0 Å². The van der Waals surface area contributed by atoms with Crippen molar-refractivity contribution in [2.45, 2.75) is 50.4 Å². The van der Waals surface area contributed by atoms with E-state index >= 15 is 0 Å². The molecule has 0 amide bonds. The lowest BCUT2D eigenvalue weighted by Crippen LogP contribution is -2.58. The number of hydrogen-bond acceptors (Lipinski definition) is 3. The molecule has 6 heterocycles. The molecule has 4 bridgehead atoms. The van der Waals surface area contributed by atoms with Gasteiger partial charge in [0, 0.05) is 13.1 Å². The van der Waals surface area contributed by atoms with Crippen molar-refractivity contribution in [1.29, 1.82) is 0 Å². The maximum absolute atomic E-state index is 7.12. The van der Waals surface area contributed by atoms with E-state index in [1.165, 1.54) is 74.1 Å². The molecule has 0 spiro atoms. The number of hydrogen-bond donors (Lipinski definition) is 0. The number of fused-ring (bicyclic) bond motifs is 6. The number of benzene rings is 4. The predicted molar refractivity (Wildman–Crippen MR) is 208 cm³/mol. The molecule has 0 aliphatic carbocycles. The van der Waals surface area contributed by atoms with E-state index in [0.717, 1.165) is 13.1 Å². The van der Waals surface area contributed by atoms with Crippen LogP contribution in [0.3, 0.4) is 0 Å². The Labute approximate surface area is 306 Å². The largest absolute Gasteiger partial charge is 0.378 e. The maximum Gasteiger partial charge on any atom is 0.0783 e. The van der Waals surface area contributed by atoms with Crippen LogP contribution in [0.15, 0.2) is 121 Å². The standard InChI is InChI=1S/C48H52N2O/c1-45(39-15-7-3-8-16-39,40-17-9-4-10-18-40)27-29-47(35-49-31-23-43(47)24-32-49)37-51-38-48(36-50-33-25-44(48)26-34-50)30-28-46(2,41-19-11-5-12-20-41)42-21-13-6-14-22-42/h3-22,43-44H,23-26,31-38H2,1-2H3. The zero-order chi connectivity index (χ0) is 34.8. The summed E-state index contributed by atoms with van der Waals surface area (Å²) in [6.07, 6.45) is 4.77. The fourth-order valence-corrected chi connectivity index (χ4v) is 9.65. The molecule has 6 saturated heterocycles. The van der Waals surface area contributed by atoms with Gasteiger partial charge in [-0.25, -0.2) is 0 Å². The molecule has 51 heavy (non-hydrogen) atoms. The number of ether oxygens (including phenoxy) is 1. The lowest BCUT2D eigenvalue weighted by molar-refractivity contribution is -0.0883. The van der Waals surface area contributed by atoms with E-state index in [2.05, 4.69) is 169 Å². The Balaban J connectivity index is 1.14. The lowest BCUT2D eigenvalue weighted by Gasteiger charge is -2.53. The van der Waals surface area contributed by atoms with Crippen molar-refractivity contribution in [2.75, 3.05) is 52.5 Å². The summed E-state index contributed by atoms with van der Waals surface area (Å²) >= 11 is 0. The Bertz CT molecular complexity index is 1670. The molecule has 3 heteroatoms. The summed E-state index contributed by atoms with van der Waals surface area (Å²) in [7, 11) is 0. The van der Waals surface area contributed by atoms with Crippen LogP contribution in [0.5, 0.6) is 0 Å². The minimum Gasteiger partial charge on any atom is -0.378 e. The van der Waals surface area contributed by atoms with Crippen molar-refractivity contribution in [3.8, 4) is 23.7 Å². The number of piperidine rings is 6. The van der Waals surface area contributed by atoms with E-state index in [4.69, 9.17) is 4.74 Å². The van der Waals surface area contributed by atoms with Crippen LogP contribution < -0.4 is 0 Å². The highest BCUT2D eigenvalue weighted by molar-refractivity contribution is 5.49. The van der Waals surface area contributed by atoms with Crippen LogP contribution in [-0.2, 0) is 15.6 Å². The first-order valence-electron chi connectivity index (χ1n) is 19.2. The van der Waals surface area contributed by atoms with Gasteiger partial charge in [0.05, 0.1) is 34.9 Å². The van der Waals surface area contributed by atoms with Gasteiger partial charge in [-0.15, -0.1) is 0 Å². The monoisotopic (exact) mass is 672 g/mol. The fraction of sp³-hybridized carbons (Fsp3) is 0.417. The summed E-state index contributed by atoms with van der Waals surface area (Å²) in [5.74, 6) is 17.0. The third-order valence-electron chi connectivity index (χ3n) is 13.0. The topological polar surface area (TPSA) is 15.7 Å². The lowest BCUT2D eigenvalue weighted by atomic mass is 9.65. The molecule has 0 N–H and O–H groups in total. The Kier molecular flexibility index (Phi) is 9.42. The summed E-state index contributed by atoms with van der Waals surface area (Å²) in [6.45, 7) is 12.6. The minimum atomic E-state index is -0.413. The quantitative estimate of drug-likeness (QED) is 0.175. The maximum atomic E-state index is 7.12. The van der Waals surface area contributed by atoms with Crippen LogP contribution in [-0.4, -0.2) is 62.3 Å². The van der Waals surface area contributed by atoms with Gasteiger partial charge < -0.3 is 14.5 Å². The Morgan fingerprint density at radius 1 is 0.510 bits per heavy atom. The number of rotatable bonds is 8. The Hall–Kier alpha value is -4.12. The molecule has 0 radical (unpaired) electrons. The van der Waals surface area contributed by atoms with Crippen molar-refractivity contribution < 1.29 is 4.74 Å². The van der Waals surface area contributed by atoms with Crippen molar-refractivity contribution in [3.63, 3.8) is 0 Å². The van der Waals surface area contributed by atoms with E-state index in [1.807, 2.05) is 0 Å². The molecular weight excluding hydrogens is 621 g/mol. The molecule has 3 nitrogen and oxygen atoms in total.